The molecule has 44 heavy (non-hydrogen) atoms. The number of anilines is 1. The Hall–Kier alpha value is -3.73. The number of likely N-dealkylation sites (tertiary alicyclic amines) is 1. The molecule has 3 fully saturated rings. The van der Waals surface area contributed by atoms with Gasteiger partial charge in [-0.2, -0.15) is 0 Å². The fourth-order valence-corrected chi connectivity index (χ4v) is 8.05. The number of hydrogen-bond acceptors (Lipinski definition) is 6. The molecule has 0 radical (unpaired) electrons. The number of fused-ring (bicyclic) bond motifs is 1. The summed E-state index contributed by atoms with van der Waals surface area (Å²) in [7, 11) is 0. The van der Waals surface area contributed by atoms with Gasteiger partial charge in [0.2, 0.25) is 17.7 Å². The van der Waals surface area contributed by atoms with Gasteiger partial charge in [-0.3, -0.25) is 14.4 Å². The Balaban J connectivity index is 1.33. The lowest BCUT2D eigenvalue weighted by Gasteiger charge is -2.37. The highest BCUT2D eigenvalue weighted by Crippen LogP contribution is 2.60. The van der Waals surface area contributed by atoms with E-state index in [1.807, 2.05) is 67.6 Å². The first-order chi connectivity index (χ1) is 21.4. The largest absolute Gasteiger partial charge is 0.494 e. The zero-order valence-electron chi connectivity index (χ0n) is 24.4. The van der Waals surface area contributed by atoms with E-state index >= 15 is 0 Å². The first kappa shape index (κ1) is 30.3. The molecule has 3 aromatic rings. The molecule has 0 aliphatic carbocycles. The monoisotopic (exact) mass is 661 g/mol. The van der Waals surface area contributed by atoms with Crippen LogP contribution in [0.5, 0.6) is 5.75 Å². The summed E-state index contributed by atoms with van der Waals surface area (Å²) in [6.45, 7) is 2.34. The predicted molar refractivity (Wildman–Crippen MR) is 168 cm³/mol. The number of ether oxygens (including phenoxy) is 2. The first-order valence-corrected chi connectivity index (χ1v) is 15.9. The molecule has 7 atom stereocenters. The molecule has 3 heterocycles. The van der Waals surface area contributed by atoms with Crippen LogP contribution in [0.15, 0.2) is 84.9 Å². The topological polar surface area (TPSA) is 117 Å². The van der Waals surface area contributed by atoms with Gasteiger partial charge in [0.25, 0.3) is 0 Å². The Morgan fingerprint density at radius 2 is 1.68 bits per heavy atom. The Bertz CT molecular complexity index is 1490. The number of halogens is 1. The SMILES string of the molecule is CCOc1ccc(NC(=O)[C@H]2[C@H]3C(=O)N([C@@H](CO)Cc4ccccc4)C(C(=O)NCc4ccccc4)C34CC(Br)[C@@H]2O4)cc1. The molecule has 3 aliphatic rings. The number of carbonyl (C=O) groups is 3. The Morgan fingerprint density at radius 3 is 2.32 bits per heavy atom. The summed E-state index contributed by atoms with van der Waals surface area (Å²) < 4.78 is 12.1. The van der Waals surface area contributed by atoms with E-state index in [9.17, 15) is 19.5 Å². The molecule has 0 saturated carbocycles. The minimum absolute atomic E-state index is 0.242. The summed E-state index contributed by atoms with van der Waals surface area (Å²) in [4.78, 5) is 43.8. The van der Waals surface area contributed by atoms with Crippen LogP contribution in [0, 0.1) is 11.8 Å². The molecular weight excluding hydrogens is 626 g/mol. The predicted octanol–water partition coefficient (Wildman–Crippen LogP) is 3.69. The van der Waals surface area contributed by atoms with Gasteiger partial charge in [0.15, 0.2) is 0 Å². The molecule has 3 unspecified atom stereocenters. The summed E-state index contributed by atoms with van der Waals surface area (Å²) in [5.74, 6) is -2.11. The van der Waals surface area contributed by atoms with Crippen LogP contribution in [0.4, 0.5) is 5.69 Å². The van der Waals surface area contributed by atoms with Crippen LogP contribution < -0.4 is 15.4 Å². The van der Waals surface area contributed by atoms with Crippen LogP contribution in [-0.4, -0.2) is 69.6 Å². The molecule has 3 aliphatic heterocycles. The molecule has 3 amide bonds. The number of nitrogens with one attached hydrogen (secondary N) is 2. The van der Waals surface area contributed by atoms with Crippen molar-refractivity contribution >= 4 is 39.3 Å². The van der Waals surface area contributed by atoms with Crippen molar-refractivity contribution < 1.29 is 29.0 Å². The van der Waals surface area contributed by atoms with Crippen molar-refractivity contribution in [3.63, 3.8) is 0 Å². The smallest absolute Gasteiger partial charge is 0.246 e. The highest BCUT2D eigenvalue weighted by molar-refractivity contribution is 9.09. The Kier molecular flexibility index (Phi) is 8.75. The van der Waals surface area contributed by atoms with Gasteiger partial charge in [-0.25, -0.2) is 0 Å². The van der Waals surface area contributed by atoms with Crippen LogP contribution in [0.3, 0.4) is 0 Å². The van der Waals surface area contributed by atoms with Crippen molar-refractivity contribution in [3.05, 3.63) is 96.1 Å². The second-order valence-electron chi connectivity index (χ2n) is 11.6. The minimum atomic E-state index is -1.23. The summed E-state index contributed by atoms with van der Waals surface area (Å²) >= 11 is 3.72. The third kappa shape index (κ3) is 5.50. The average molecular weight is 663 g/mol. The van der Waals surface area contributed by atoms with E-state index in [4.69, 9.17) is 9.47 Å². The summed E-state index contributed by atoms with van der Waals surface area (Å²) in [5.41, 5.74) is 1.17. The number of rotatable bonds is 11. The van der Waals surface area contributed by atoms with Gasteiger partial charge in [0.05, 0.1) is 37.2 Å². The van der Waals surface area contributed by atoms with Crippen LogP contribution in [0.1, 0.15) is 24.5 Å². The fraction of sp³-hybridized carbons (Fsp3) is 0.382. The molecule has 6 rings (SSSR count). The molecule has 9 nitrogen and oxygen atoms in total. The molecule has 230 valence electrons. The van der Waals surface area contributed by atoms with Gasteiger partial charge in [-0.1, -0.05) is 76.6 Å². The highest BCUT2D eigenvalue weighted by atomic mass is 79.9. The van der Waals surface area contributed by atoms with Crippen LogP contribution >= 0.6 is 15.9 Å². The molecule has 3 aromatic carbocycles. The standard InChI is InChI=1S/C34H36BrN3O6/c1-2-43-25-15-13-23(14-16-25)37-31(40)27-28-33(42)38(24(20-39)17-21-9-5-3-6-10-21)30(34(28)18-26(35)29(27)44-34)32(41)36-19-22-11-7-4-8-12-22/h3-16,24,26-30,39H,2,17-20H2,1H3,(H,36,41)(H,37,40)/t24-,26?,27+,28+,29+,30?,34?/m1/s1. The van der Waals surface area contributed by atoms with E-state index in [1.165, 1.54) is 4.90 Å². The molecule has 10 heteroatoms. The van der Waals surface area contributed by atoms with E-state index in [0.29, 0.717) is 30.9 Å². The third-order valence-electron chi connectivity index (χ3n) is 8.94. The van der Waals surface area contributed by atoms with Crippen molar-refractivity contribution in [3.8, 4) is 5.75 Å². The number of aliphatic hydroxyl groups excluding tert-OH is 1. The minimum Gasteiger partial charge on any atom is -0.494 e. The second-order valence-corrected chi connectivity index (χ2v) is 12.8. The van der Waals surface area contributed by atoms with Crippen LogP contribution in [-0.2, 0) is 32.1 Å². The molecular formula is C34H36BrN3O6. The number of alkyl halides is 1. The summed E-state index contributed by atoms with van der Waals surface area (Å²) in [6, 6.07) is 24.4. The van der Waals surface area contributed by atoms with Gasteiger partial charge in [-0.05, 0) is 55.2 Å². The van der Waals surface area contributed by atoms with Crippen LogP contribution in [0.2, 0.25) is 0 Å². The average Bonchev–Trinajstić information content (AvgIpc) is 3.64. The normalized spacial score (nSPS) is 27.6. The summed E-state index contributed by atoms with van der Waals surface area (Å²) in [6.07, 6.45) is 0.128. The molecule has 1 spiro atoms. The van der Waals surface area contributed by atoms with Crippen molar-refractivity contribution in [2.45, 2.75) is 54.9 Å². The number of carbonyl (C=O) groups excluding carboxylic acids is 3. The quantitative estimate of drug-likeness (QED) is 0.270. The zero-order valence-corrected chi connectivity index (χ0v) is 26.0. The number of hydrogen-bond donors (Lipinski definition) is 3. The van der Waals surface area contributed by atoms with Gasteiger partial charge in [-0.15, -0.1) is 0 Å². The lowest BCUT2D eigenvalue weighted by Crippen LogP contribution is -2.58. The van der Waals surface area contributed by atoms with E-state index in [0.717, 1.165) is 11.1 Å². The number of benzene rings is 3. The maximum atomic E-state index is 14.5. The van der Waals surface area contributed by atoms with Gasteiger partial charge < -0.3 is 30.1 Å². The zero-order chi connectivity index (χ0) is 30.8. The second kappa shape index (κ2) is 12.7. The van der Waals surface area contributed by atoms with Crippen molar-refractivity contribution in [2.24, 2.45) is 11.8 Å². The molecule has 3 saturated heterocycles. The molecule has 0 aromatic heterocycles. The number of amides is 3. The molecule has 2 bridgehead atoms. The maximum Gasteiger partial charge on any atom is 0.246 e. The van der Waals surface area contributed by atoms with E-state index in [2.05, 4.69) is 26.6 Å². The van der Waals surface area contributed by atoms with Crippen LogP contribution in [0.25, 0.3) is 0 Å². The van der Waals surface area contributed by atoms with E-state index < -0.39 is 35.6 Å². The Morgan fingerprint density at radius 1 is 1.02 bits per heavy atom. The summed E-state index contributed by atoms with van der Waals surface area (Å²) in [5, 5.41) is 16.6. The van der Waals surface area contributed by atoms with Crippen molar-refractivity contribution in [1.29, 1.82) is 0 Å². The first-order valence-electron chi connectivity index (χ1n) is 15.0. The lowest BCUT2D eigenvalue weighted by atomic mass is 9.70. The number of aliphatic hydroxyl groups is 1. The fourth-order valence-electron chi connectivity index (χ4n) is 7.11. The van der Waals surface area contributed by atoms with E-state index in [-0.39, 0.29) is 35.7 Å². The highest BCUT2D eigenvalue weighted by Gasteiger charge is 2.77. The van der Waals surface area contributed by atoms with Crippen molar-refractivity contribution in [1.82, 2.24) is 10.2 Å². The maximum absolute atomic E-state index is 14.5. The van der Waals surface area contributed by atoms with E-state index in [1.54, 1.807) is 24.3 Å². The van der Waals surface area contributed by atoms with Gasteiger partial charge in [0.1, 0.15) is 17.4 Å². The number of nitrogens with zero attached hydrogens (tertiary/aromatic N) is 1. The third-order valence-corrected chi connectivity index (χ3v) is 9.78. The van der Waals surface area contributed by atoms with Gasteiger partial charge >= 0.3 is 0 Å². The molecule has 3 N–H and O–H groups in total. The Labute approximate surface area is 265 Å². The lowest BCUT2D eigenvalue weighted by molar-refractivity contribution is -0.145. The van der Waals surface area contributed by atoms with Gasteiger partial charge in [0, 0.05) is 17.1 Å². The van der Waals surface area contributed by atoms with Crippen molar-refractivity contribution in [2.75, 3.05) is 18.5 Å².